The molecule has 0 atom stereocenters. The second-order valence-electron chi connectivity index (χ2n) is 6.91. The number of aryl methyl sites for hydroxylation is 2. The van der Waals surface area contributed by atoms with Crippen LogP contribution in [0.25, 0.3) is 0 Å². The summed E-state index contributed by atoms with van der Waals surface area (Å²) in [5, 5.41) is 0. The highest BCUT2D eigenvalue weighted by Crippen LogP contribution is 2.11. The lowest BCUT2D eigenvalue weighted by atomic mass is 10.1. The maximum atomic E-state index is 3.93. The Bertz CT molecular complexity index is 706. The van der Waals surface area contributed by atoms with E-state index in [1.165, 1.54) is 16.7 Å². The van der Waals surface area contributed by atoms with E-state index in [2.05, 4.69) is 62.2 Å². The number of hydrogen-bond acceptors (Lipinski definition) is 2. The van der Waals surface area contributed by atoms with Crippen molar-refractivity contribution in [1.82, 2.24) is 9.97 Å². The van der Waals surface area contributed by atoms with Crippen LogP contribution in [0.3, 0.4) is 0 Å². The summed E-state index contributed by atoms with van der Waals surface area (Å²) >= 11 is 0. The first-order valence-electron chi connectivity index (χ1n) is 9.12. The molecule has 0 radical (unpaired) electrons. The van der Waals surface area contributed by atoms with E-state index in [-0.39, 0.29) is 7.43 Å². The third kappa shape index (κ3) is 10.9. The molecule has 0 unspecified atom stereocenters. The van der Waals surface area contributed by atoms with Gasteiger partial charge in [-0.1, -0.05) is 35.1 Å². The largest absolute Gasteiger partial charge is 0.265 e. The molecule has 0 aromatic carbocycles. The van der Waals surface area contributed by atoms with Crippen molar-refractivity contribution in [3.8, 4) is 0 Å². The van der Waals surface area contributed by atoms with Crippen molar-refractivity contribution in [2.45, 2.75) is 53.9 Å². The predicted molar refractivity (Wildman–Crippen MR) is 116 cm³/mol. The van der Waals surface area contributed by atoms with Crippen LogP contribution in [0, 0.1) is 6.92 Å². The summed E-state index contributed by atoms with van der Waals surface area (Å²) in [6.45, 7) is 10.8. The van der Waals surface area contributed by atoms with Gasteiger partial charge in [0.25, 0.3) is 0 Å². The summed E-state index contributed by atoms with van der Waals surface area (Å²) in [6, 6.07) is 12.4. The van der Waals surface area contributed by atoms with Gasteiger partial charge in [-0.3, -0.25) is 9.97 Å². The summed E-state index contributed by atoms with van der Waals surface area (Å²) in [4.78, 5) is 7.77. The molecule has 3 aromatic heterocycles. The molecule has 146 valence electrons. The topological polar surface area (TPSA) is 29.7 Å². The van der Waals surface area contributed by atoms with E-state index in [4.69, 9.17) is 0 Å². The normalized spacial score (nSPS) is 9.48. The molecule has 0 aliphatic heterocycles. The Hall–Kier alpha value is -2.55. The molecule has 0 fully saturated rings. The molecule has 0 saturated carbocycles. The lowest BCUT2D eigenvalue weighted by molar-refractivity contribution is -0.671. The molecule has 0 spiro atoms. The van der Waals surface area contributed by atoms with E-state index in [0.717, 1.165) is 0 Å². The average molecular weight is 367 g/mol. The van der Waals surface area contributed by atoms with Crippen LogP contribution in [-0.2, 0) is 7.05 Å². The van der Waals surface area contributed by atoms with Gasteiger partial charge in [-0.2, -0.15) is 0 Å². The number of hydrogen-bond donors (Lipinski definition) is 0. The minimum absolute atomic E-state index is 0. The molecule has 0 saturated heterocycles. The Kier molecular flexibility index (Phi) is 12.3. The van der Waals surface area contributed by atoms with Crippen molar-refractivity contribution in [3.63, 3.8) is 0 Å². The number of aromatic nitrogens is 3. The highest BCUT2D eigenvalue weighted by atomic mass is 14.9. The van der Waals surface area contributed by atoms with E-state index in [0.29, 0.717) is 11.8 Å². The van der Waals surface area contributed by atoms with Crippen molar-refractivity contribution in [2.24, 2.45) is 7.05 Å². The molecular weight excluding hydrogens is 330 g/mol. The van der Waals surface area contributed by atoms with Crippen molar-refractivity contribution >= 4 is 0 Å². The maximum absolute atomic E-state index is 3.93. The molecule has 3 nitrogen and oxygen atoms in total. The minimum atomic E-state index is 0. The molecule has 27 heavy (non-hydrogen) atoms. The van der Waals surface area contributed by atoms with Crippen LogP contribution < -0.4 is 4.57 Å². The second-order valence-corrected chi connectivity index (χ2v) is 6.91. The van der Waals surface area contributed by atoms with E-state index in [9.17, 15) is 0 Å². The Morgan fingerprint density at radius 2 is 1.04 bits per heavy atom. The van der Waals surface area contributed by atoms with E-state index in [1.807, 2.05) is 55.2 Å². The van der Waals surface area contributed by atoms with Crippen molar-refractivity contribution in [2.75, 3.05) is 0 Å². The molecule has 3 aromatic rings. The van der Waals surface area contributed by atoms with Gasteiger partial charge in [-0.15, -0.1) is 0 Å². The Morgan fingerprint density at radius 3 is 1.33 bits per heavy atom. The number of rotatable bonds is 2. The summed E-state index contributed by atoms with van der Waals surface area (Å²) in [5.41, 5.74) is 4.01. The lowest BCUT2D eigenvalue weighted by Crippen LogP contribution is -2.26. The highest BCUT2D eigenvalue weighted by Gasteiger charge is 1.98. The van der Waals surface area contributed by atoms with Crippen molar-refractivity contribution in [1.29, 1.82) is 0 Å². The minimum Gasteiger partial charge on any atom is -0.265 e. The Balaban J connectivity index is 0.000000374. The van der Waals surface area contributed by atoms with Crippen molar-refractivity contribution < 1.29 is 4.57 Å². The van der Waals surface area contributed by atoms with Gasteiger partial charge in [0.2, 0.25) is 0 Å². The summed E-state index contributed by atoms with van der Waals surface area (Å²) in [7, 11) is 2.03. The van der Waals surface area contributed by atoms with Gasteiger partial charge >= 0.3 is 0 Å². The highest BCUT2D eigenvalue weighted by molar-refractivity contribution is 5.13. The molecule has 3 rings (SSSR count). The van der Waals surface area contributed by atoms with Crippen LogP contribution >= 0.6 is 0 Å². The van der Waals surface area contributed by atoms with Crippen LogP contribution in [0.15, 0.2) is 73.6 Å². The SMILES string of the molecule is C.CC(C)c1cc[n+](C)cc1.CC(C)c1ccncc1.Cc1ccncc1. The quantitative estimate of drug-likeness (QED) is 0.531. The first-order valence-corrected chi connectivity index (χ1v) is 9.12. The van der Waals surface area contributed by atoms with Crippen LogP contribution in [0.2, 0.25) is 0 Å². The summed E-state index contributed by atoms with van der Waals surface area (Å²) in [6.07, 6.45) is 11.4. The first-order chi connectivity index (χ1) is 12.4. The summed E-state index contributed by atoms with van der Waals surface area (Å²) in [5.74, 6) is 1.26. The van der Waals surface area contributed by atoms with E-state index < -0.39 is 0 Å². The van der Waals surface area contributed by atoms with Crippen LogP contribution in [0.1, 0.15) is 63.6 Å². The molecule has 0 bridgehead atoms. The van der Waals surface area contributed by atoms with Gasteiger partial charge in [0, 0.05) is 36.9 Å². The average Bonchev–Trinajstić information content (AvgIpc) is 2.64. The fourth-order valence-corrected chi connectivity index (χ4v) is 2.07. The van der Waals surface area contributed by atoms with Gasteiger partial charge in [-0.05, 0) is 59.7 Å². The lowest BCUT2D eigenvalue weighted by Gasteiger charge is -2.01. The smallest absolute Gasteiger partial charge is 0.168 e. The maximum Gasteiger partial charge on any atom is 0.168 e. The van der Waals surface area contributed by atoms with Gasteiger partial charge < -0.3 is 0 Å². The zero-order chi connectivity index (χ0) is 19.4. The molecule has 3 heterocycles. The first kappa shape index (κ1) is 24.5. The number of pyridine rings is 3. The molecular formula is C24H36N3+. The van der Waals surface area contributed by atoms with Crippen molar-refractivity contribution in [3.05, 3.63) is 90.3 Å². The third-order valence-corrected chi connectivity index (χ3v) is 3.89. The fourth-order valence-electron chi connectivity index (χ4n) is 2.07. The fraction of sp³-hybridized carbons (Fsp3) is 0.375. The zero-order valence-electron chi connectivity index (χ0n) is 16.9. The van der Waals surface area contributed by atoms with Gasteiger partial charge in [-0.25, -0.2) is 4.57 Å². The Morgan fingerprint density at radius 1 is 0.667 bits per heavy atom. The standard InChI is InChI=1S/C9H14N.C8H11N.C6H7N.CH4/c1-8(2)9-4-6-10(3)7-5-9;1-7(2)8-3-5-9-6-4-8;1-6-2-4-7-5-3-6;/h4-8H,1-3H3;3-7H,1-2H3;2-5H,1H3;1H4/q+1;;;. The number of nitrogens with zero attached hydrogens (tertiary/aromatic N) is 3. The van der Waals surface area contributed by atoms with Crippen LogP contribution in [0.5, 0.6) is 0 Å². The molecule has 0 aliphatic carbocycles. The Labute approximate surface area is 166 Å². The van der Waals surface area contributed by atoms with Crippen LogP contribution in [0.4, 0.5) is 0 Å². The van der Waals surface area contributed by atoms with E-state index in [1.54, 1.807) is 12.4 Å². The molecule has 0 amide bonds. The third-order valence-electron chi connectivity index (χ3n) is 3.89. The predicted octanol–water partition coefficient (Wildman–Crippen LogP) is 5.87. The van der Waals surface area contributed by atoms with Gasteiger partial charge in [0.15, 0.2) is 12.4 Å². The van der Waals surface area contributed by atoms with Gasteiger partial charge in [0.05, 0.1) is 0 Å². The second kappa shape index (κ2) is 13.6. The molecule has 0 N–H and O–H groups in total. The van der Waals surface area contributed by atoms with Crippen LogP contribution in [-0.4, -0.2) is 9.97 Å². The molecule has 3 heteroatoms. The van der Waals surface area contributed by atoms with E-state index >= 15 is 0 Å². The molecule has 0 aliphatic rings. The van der Waals surface area contributed by atoms with Gasteiger partial charge in [0.1, 0.15) is 7.05 Å². The monoisotopic (exact) mass is 366 g/mol. The zero-order valence-corrected chi connectivity index (χ0v) is 16.9. The summed E-state index contributed by atoms with van der Waals surface area (Å²) < 4.78 is 2.05.